The molecule has 0 aromatic heterocycles. The Balaban J connectivity index is 0.00000289. The minimum absolute atomic E-state index is 0. The van der Waals surface area contributed by atoms with E-state index in [0.717, 1.165) is 13.0 Å². The average molecular weight is 280 g/mol. The summed E-state index contributed by atoms with van der Waals surface area (Å²) in [6, 6.07) is 1.46. The van der Waals surface area contributed by atoms with Gasteiger partial charge in [0.25, 0.3) is 0 Å². The van der Waals surface area contributed by atoms with Crippen LogP contribution in [0.2, 0.25) is 0 Å². The van der Waals surface area contributed by atoms with Crippen LogP contribution in [0.1, 0.15) is 6.92 Å². The van der Waals surface area contributed by atoms with E-state index in [1.54, 1.807) is 0 Å². The number of benzene rings is 1. The molecule has 0 fully saturated rings. The van der Waals surface area contributed by atoms with Gasteiger partial charge in [-0.2, -0.15) is 0 Å². The monoisotopic (exact) mass is 280 g/mol. The smallest absolute Gasteiger partial charge is 0.744 e. The molecule has 0 unspecified atom stereocenters. The van der Waals surface area contributed by atoms with Crippen LogP contribution in [0.4, 0.5) is 11.4 Å². The molecule has 8 nitrogen and oxygen atoms in total. The van der Waals surface area contributed by atoms with Crippen molar-refractivity contribution in [2.45, 2.75) is 11.8 Å². The fraction of sp³-hybridized carbons (Fsp3) is 0.125. The topological polar surface area (TPSA) is 135 Å². The molecule has 18 heavy (non-hydrogen) atoms. The largest absolute Gasteiger partial charge is 1.00 e. The van der Waals surface area contributed by atoms with Gasteiger partial charge in [0.2, 0.25) is 17.0 Å². The number of nitrogens with one attached hydrogen (secondary N) is 1. The molecule has 2 N–H and O–H groups in total. The Kier molecular flexibility index (Phi) is 5.72. The van der Waals surface area contributed by atoms with Gasteiger partial charge in [-0.3, -0.25) is 4.79 Å². The summed E-state index contributed by atoms with van der Waals surface area (Å²) in [5.74, 6) is -1.24. The molecule has 0 aliphatic carbocycles. The van der Waals surface area contributed by atoms with Crippen LogP contribution in [0.25, 0.3) is 4.98 Å². The number of hydrogen-bond donors (Lipinski definition) is 2. The number of anilines is 1. The zero-order chi connectivity index (χ0) is 13.2. The van der Waals surface area contributed by atoms with Crippen LogP contribution in [0.3, 0.4) is 0 Å². The Labute approximate surface area is 125 Å². The van der Waals surface area contributed by atoms with E-state index in [4.69, 9.17) is 5.39 Å². The third-order valence-corrected chi connectivity index (χ3v) is 2.58. The van der Waals surface area contributed by atoms with E-state index in [9.17, 15) is 22.9 Å². The van der Waals surface area contributed by atoms with Gasteiger partial charge in [0.1, 0.15) is 10.1 Å². The predicted octanol–water partition coefficient (Wildman–Crippen LogP) is -2.26. The van der Waals surface area contributed by atoms with Crippen molar-refractivity contribution in [1.29, 1.82) is 5.39 Å². The van der Waals surface area contributed by atoms with Crippen molar-refractivity contribution in [2.75, 3.05) is 5.32 Å². The van der Waals surface area contributed by atoms with Gasteiger partial charge in [-0.25, -0.2) is 8.42 Å². The van der Waals surface area contributed by atoms with E-state index in [1.807, 2.05) is 0 Å². The van der Waals surface area contributed by atoms with Crippen molar-refractivity contribution >= 4 is 27.4 Å². The number of phenols is 1. The van der Waals surface area contributed by atoms with Gasteiger partial charge in [-0.1, -0.05) is 0 Å². The Morgan fingerprint density at radius 3 is 2.44 bits per heavy atom. The second-order valence-electron chi connectivity index (χ2n) is 3.07. The van der Waals surface area contributed by atoms with Crippen LogP contribution in [0.5, 0.6) is 5.75 Å². The molecule has 0 saturated heterocycles. The molecule has 0 aliphatic rings. The molecule has 0 bridgehead atoms. The molecule has 0 atom stereocenters. The molecule has 1 amide bonds. The van der Waals surface area contributed by atoms with E-state index in [2.05, 4.69) is 10.3 Å². The fourth-order valence-corrected chi connectivity index (χ4v) is 1.62. The summed E-state index contributed by atoms with van der Waals surface area (Å²) in [7, 11) is -4.79. The van der Waals surface area contributed by atoms with Crippen molar-refractivity contribution < 1.29 is 52.4 Å². The van der Waals surface area contributed by atoms with E-state index in [0.29, 0.717) is 6.07 Å². The molecule has 1 aromatic carbocycles. The number of phenolic OH excluding ortho intramolecular Hbond substituents is 1. The molecule has 90 valence electrons. The third-order valence-electron chi connectivity index (χ3n) is 1.77. The van der Waals surface area contributed by atoms with E-state index >= 15 is 0 Å². The van der Waals surface area contributed by atoms with E-state index in [1.165, 1.54) is 0 Å². The number of carbonyl (C=O) groups is 1. The molecular weight excluding hydrogens is 273 g/mol. The van der Waals surface area contributed by atoms with E-state index in [-0.39, 0.29) is 35.2 Å². The Bertz CT molecular complexity index is 622. The standard InChI is InChI=1S/C8H7N3O5S.Na/c1-4(12)10-6-2-5(17(14,15)16)3-7(11-9)8(6)13;/h2-3,9H,1H3,(H,14,15,16);/q;+1. The first-order valence-electron chi connectivity index (χ1n) is 4.21. The minimum atomic E-state index is -4.79. The summed E-state index contributed by atoms with van der Waals surface area (Å²) in [5.41, 5.74) is -0.868. The van der Waals surface area contributed by atoms with Crippen LogP contribution in [0, 0.1) is 5.39 Å². The summed E-state index contributed by atoms with van der Waals surface area (Å²) in [4.78, 5) is 12.7. The number of diazo groups is 1. The first-order valence-corrected chi connectivity index (χ1v) is 5.62. The van der Waals surface area contributed by atoms with Crippen LogP contribution in [0.15, 0.2) is 17.0 Å². The quantitative estimate of drug-likeness (QED) is 0.272. The first kappa shape index (κ1) is 16.8. The molecule has 1 rings (SSSR count). The van der Waals surface area contributed by atoms with Crippen molar-refractivity contribution in [2.24, 2.45) is 0 Å². The number of aromatic hydroxyl groups is 1. The second-order valence-corrected chi connectivity index (χ2v) is 4.45. The maximum absolute atomic E-state index is 10.8. The van der Waals surface area contributed by atoms with Crippen LogP contribution in [-0.4, -0.2) is 24.0 Å². The van der Waals surface area contributed by atoms with Crippen LogP contribution < -0.4 is 34.9 Å². The van der Waals surface area contributed by atoms with Gasteiger partial charge >= 0.3 is 35.2 Å². The maximum Gasteiger partial charge on any atom is 1.00 e. The van der Waals surface area contributed by atoms with Crippen molar-refractivity contribution in [3.63, 3.8) is 0 Å². The van der Waals surface area contributed by atoms with Gasteiger partial charge in [-0.05, 0) is 6.07 Å². The molecule has 0 heterocycles. The Morgan fingerprint density at radius 1 is 1.50 bits per heavy atom. The number of carbonyl (C=O) groups excluding carboxylic acids is 1. The average Bonchev–Trinajstić information content (AvgIpc) is 2.18. The summed E-state index contributed by atoms with van der Waals surface area (Å²) in [5, 5.41) is 20.1. The summed E-state index contributed by atoms with van der Waals surface area (Å²) < 4.78 is 32.3. The minimum Gasteiger partial charge on any atom is -0.744 e. The summed E-state index contributed by atoms with van der Waals surface area (Å²) in [6.07, 6.45) is 0. The molecule has 0 radical (unpaired) electrons. The summed E-state index contributed by atoms with van der Waals surface area (Å²) >= 11 is 0. The molecular formula is C8H7N3NaO5S+. The van der Waals surface area contributed by atoms with Crippen molar-refractivity contribution in [3.8, 4) is 5.75 Å². The molecule has 10 heteroatoms. The van der Waals surface area contributed by atoms with Crippen LogP contribution in [-0.2, 0) is 14.9 Å². The predicted molar refractivity (Wildman–Crippen MR) is 55.1 cm³/mol. The SMILES string of the molecule is CC(=O)Nc1cc(S(=O)(=O)[O-])cc([N+]#N)c1O.[Na+]. The maximum atomic E-state index is 10.8. The molecule has 1 aromatic rings. The summed E-state index contributed by atoms with van der Waals surface area (Å²) in [6.45, 7) is 1.12. The molecule has 0 spiro atoms. The zero-order valence-corrected chi connectivity index (χ0v) is 12.4. The fourth-order valence-electron chi connectivity index (χ4n) is 1.10. The van der Waals surface area contributed by atoms with Gasteiger partial charge in [0.15, 0.2) is 4.98 Å². The zero-order valence-electron chi connectivity index (χ0n) is 9.54. The first-order chi connectivity index (χ1) is 7.75. The van der Waals surface area contributed by atoms with Gasteiger partial charge < -0.3 is 15.0 Å². The van der Waals surface area contributed by atoms with Gasteiger partial charge in [0, 0.05) is 6.92 Å². The molecule has 0 saturated carbocycles. The number of hydrogen-bond acceptors (Lipinski definition) is 6. The Morgan fingerprint density at radius 2 is 2.06 bits per heavy atom. The van der Waals surface area contributed by atoms with Crippen molar-refractivity contribution in [1.82, 2.24) is 0 Å². The van der Waals surface area contributed by atoms with E-state index < -0.39 is 32.4 Å². The molecule has 0 aliphatic heterocycles. The second kappa shape index (κ2) is 6.12. The van der Waals surface area contributed by atoms with Gasteiger partial charge in [0.05, 0.1) is 16.6 Å². The third kappa shape index (κ3) is 3.94. The Hall–Kier alpha value is -1.18. The number of amides is 1. The number of nitrogens with zero attached hydrogens (tertiary/aromatic N) is 2. The van der Waals surface area contributed by atoms with Crippen molar-refractivity contribution in [3.05, 3.63) is 17.1 Å². The van der Waals surface area contributed by atoms with Gasteiger partial charge in [-0.15, -0.1) is 0 Å². The van der Waals surface area contributed by atoms with Crippen LogP contribution >= 0.6 is 0 Å². The number of rotatable bonds is 2. The normalized spacial score (nSPS) is 10.1.